The first-order chi connectivity index (χ1) is 8.99. The Balaban J connectivity index is 2.15. The topological polar surface area (TPSA) is 70.5 Å². The van der Waals surface area contributed by atoms with E-state index in [1.54, 1.807) is 24.1 Å². The molecule has 1 saturated carbocycles. The zero-order valence-corrected chi connectivity index (χ0v) is 12.1. The third-order valence-electron chi connectivity index (χ3n) is 3.09. The molecule has 1 aliphatic rings. The van der Waals surface area contributed by atoms with Crippen LogP contribution in [0.5, 0.6) is 0 Å². The van der Waals surface area contributed by atoms with Crippen molar-refractivity contribution in [3.8, 4) is 0 Å². The smallest absolute Gasteiger partial charge is 0.308 e. The predicted octanol–water partition coefficient (Wildman–Crippen LogP) is 2.17. The normalized spacial score (nSPS) is 15.9. The van der Waals surface area contributed by atoms with Crippen LogP contribution in [0.1, 0.15) is 30.1 Å². The van der Waals surface area contributed by atoms with Gasteiger partial charge in [-0.2, -0.15) is 0 Å². The van der Waals surface area contributed by atoms with Crippen molar-refractivity contribution in [2.24, 2.45) is 5.92 Å². The standard InChI is InChI=1S/C13H15BrN2O3/c1-8(13(18)19)7-16(11-2-3-11)12(17)9-4-10(14)6-15-5-9/h4-6,8,11H,2-3,7H2,1H3,(H,18,19)/t8-/m0/s1. The minimum Gasteiger partial charge on any atom is -0.481 e. The van der Waals surface area contributed by atoms with Gasteiger partial charge in [-0.3, -0.25) is 14.6 Å². The summed E-state index contributed by atoms with van der Waals surface area (Å²) in [7, 11) is 0. The second kappa shape index (κ2) is 5.69. The van der Waals surface area contributed by atoms with E-state index in [1.807, 2.05) is 0 Å². The second-order valence-electron chi connectivity index (χ2n) is 4.82. The van der Waals surface area contributed by atoms with Gasteiger partial charge in [0.05, 0.1) is 11.5 Å². The fraction of sp³-hybridized carbons (Fsp3) is 0.462. The monoisotopic (exact) mass is 326 g/mol. The number of carboxylic acids is 1. The Bertz CT molecular complexity index is 502. The number of halogens is 1. The van der Waals surface area contributed by atoms with E-state index in [-0.39, 0.29) is 18.5 Å². The minimum atomic E-state index is -0.884. The van der Waals surface area contributed by atoms with Crippen LogP contribution in [0.3, 0.4) is 0 Å². The van der Waals surface area contributed by atoms with Crippen molar-refractivity contribution in [1.82, 2.24) is 9.88 Å². The predicted molar refractivity (Wildman–Crippen MR) is 72.8 cm³/mol. The van der Waals surface area contributed by atoms with Gasteiger partial charge in [-0.15, -0.1) is 0 Å². The lowest BCUT2D eigenvalue weighted by Gasteiger charge is -2.24. The summed E-state index contributed by atoms with van der Waals surface area (Å²) >= 11 is 3.28. The van der Waals surface area contributed by atoms with Crippen LogP contribution in [0.2, 0.25) is 0 Å². The van der Waals surface area contributed by atoms with Gasteiger partial charge in [-0.1, -0.05) is 6.92 Å². The molecule has 0 bridgehead atoms. The van der Waals surface area contributed by atoms with Gasteiger partial charge in [0.2, 0.25) is 0 Å². The van der Waals surface area contributed by atoms with E-state index in [1.165, 1.54) is 6.20 Å². The van der Waals surface area contributed by atoms with Gasteiger partial charge in [-0.05, 0) is 34.8 Å². The van der Waals surface area contributed by atoms with E-state index in [0.29, 0.717) is 5.56 Å². The van der Waals surface area contributed by atoms with Crippen LogP contribution < -0.4 is 0 Å². The third-order valence-corrected chi connectivity index (χ3v) is 3.53. The summed E-state index contributed by atoms with van der Waals surface area (Å²) in [5.41, 5.74) is 0.485. The van der Waals surface area contributed by atoms with Crippen LogP contribution in [0.25, 0.3) is 0 Å². The molecule has 1 aromatic heterocycles. The minimum absolute atomic E-state index is 0.149. The van der Waals surface area contributed by atoms with E-state index in [9.17, 15) is 9.59 Å². The first kappa shape index (κ1) is 14.0. The summed E-state index contributed by atoms with van der Waals surface area (Å²) in [5.74, 6) is -1.60. The third kappa shape index (κ3) is 3.53. The molecule has 1 atom stereocenters. The molecule has 0 spiro atoms. The van der Waals surface area contributed by atoms with Crippen LogP contribution in [0.4, 0.5) is 0 Å². The molecule has 1 heterocycles. The Morgan fingerprint density at radius 2 is 2.21 bits per heavy atom. The van der Waals surface area contributed by atoms with Crippen molar-refractivity contribution in [1.29, 1.82) is 0 Å². The molecule has 0 saturated heterocycles. The molecule has 5 nitrogen and oxygen atoms in total. The number of carbonyl (C=O) groups is 2. The van der Waals surface area contributed by atoms with E-state index in [0.717, 1.165) is 17.3 Å². The Morgan fingerprint density at radius 1 is 1.53 bits per heavy atom. The molecule has 0 aromatic carbocycles. The van der Waals surface area contributed by atoms with Gasteiger partial charge >= 0.3 is 5.97 Å². The number of nitrogens with zero attached hydrogens (tertiary/aromatic N) is 2. The summed E-state index contributed by atoms with van der Waals surface area (Å²) < 4.78 is 0.736. The Morgan fingerprint density at radius 3 is 2.74 bits per heavy atom. The van der Waals surface area contributed by atoms with Crippen LogP contribution in [0.15, 0.2) is 22.9 Å². The van der Waals surface area contributed by atoms with E-state index < -0.39 is 11.9 Å². The summed E-state index contributed by atoms with van der Waals surface area (Å²) in [6.07, 6.45) is 5.01. The summed E-state index contributed by atoms with van der Waals surface area (Å²) in [6, 6.07) is 1.88. The maximum Gasteiger partial charge on any atom is 0.308 e. The number of hydrogen-bond donors (Lipinski definition) is 1. The highest BCUT2D eigenvalue weighted by Gasteiger charge is 2.35. The van der Waals surface area contributed by atoms with Crippen molar-refractivity contribution in [2.75, 3.05) is 6.54 Å². The first-order valence-electron chi connectivity index (χ1n) is 6.13. The molecule has 102 valence electrons. The fourth-order valence-corrected chi connectivity index (χ4v) is 2.22. The first-order valence-corrected chi connectivity index (χ1v) is 6.92. The van der Waals surface area contributed by atoms with Crippen LogP contribution in [-0.2, 0) is 4.79 Å². The number of amides is 1. The van der Waals surface area contributed by atoms with E-state index in [4.69, 9.17) is 5.11 Å². The Hall–Kier alpha value is -1.43. The Labute approximate surface area is 119 Å². The highest BCUT2D eigenvalue weighted by atomic mass is 79.9. The van der Waals surface area contributed by atoms with Crippen molar-refractivity contribution in [2.45, 2.75) is 25.8 Å². The zero-order chi connectivity index (χ0) is 14.0. The lowest BCUT2D eigenvalue weighted by atomic mass is 10.1. The summed E-state index contributed by atoms with van der Waals surface area (Å²) in [4.78, 5) is 29.0. The number of aliphatic carboxylic acids is 1. The molecule has 1 N–H and O–H groups in total. The van der Waals surface area contributed by atoms with Gasteiger partial charge in [0.25, 0.3) is 5.91 Å². The lowest BCUT2D eigenvalue weighted by Crippen LogP contribution is -2.38. The average molecular weight is 327 g/mol. The molecule has 1 amide bonds. The van der Waals surface area contributed by atoms with Gasteiger partial charge < -0.3 is 10.0 Å². The largest absolute Gasteiger partial charge is 0.481 e. The number of pyridine rings is 1. The number of rotatable bonds is 5. The van der Waals surface area contributed by atoms with Gasteiger partial charge in [0, 0.05) is 29.5 Å². The molecule has 19 heavy (non-hydrogen) atoms. The molecule has 1 aromatic rings. The van der Waals surface area contributed by atoms with Crippen molar-refractivity contribution in [3.05, 3.63) is 28.5 Å². The van der Waals surface area contributed by atoms with Crippen LogP contribution in [-0.4, -0.2) is 39.5 Å². The molecular formula is C13H15BrN2O3. The maximum absolute atomic E-state index is 12.4. The second-order valence-corrected chi connectivity index (χ2v) is 5.74. The molecule has 0 radical (unpaired) electrons. The molecular weight excluding hydrogens is 312 g/mol. The molecule has 6 heteroatoms. The van der Waals surface area contributed by atoms with Crippen LogP contribution in [0, 0.1) is 5.92 Å². The number of carbonyl (C=O) groups excluding carboxylic acids is 1. The van der Waals surface area contributed by atoms with Gasteiger partial charge in [0.15, 0.2) is 0 Å². The average Bonchev–Trinajstić information content (AvgIpc) is 3.19. The van der Waals surface area contributed by atoms with E-state index in [2.05, 4.69) is 20.9 Å². The number of hydrogen-bond acceptors (Lipinski definition) is 3. The maximum atomic E-state index is 12.4. The molecule has 1 aliphatic carbocycles. The zero-order valence-electron chi connectivity index (χ0n) is 10.5. The van der Waals surface area contributed by atoms with Crippen molar-refractivity contribution in [3.63, 3.8) is 0 Å². The van der Waals surface area contributed by atoms with Gasteiger partial charge in [0.1, 0.15) is 0 Å². The summed E-state index contributed by atoms with van der Waals surface area (Å²) in [5, 5.41) is 8.97. The van der Waals surface area contributed by atoms with E-state index >= 15 is 0 Å². The quantitative estimate of drug-likeness (QED) is 0.900. The molecule has 1 fully saturated rings. The van der Waals surface area contributed by atoms with Gasteiger partial charge in [-0.25, -0.2) is 0 Å². The molecule has 0 aliphatic heterocycles. The highest BCUT2D eigenvalue weighted by Crippen LogP contribution is 2.29. The number of aromatic nitrogens is 1. The SMILES string of the molecule is C[C@@H](CN(C(=O)c1cncc(Br)c1)C1CC1)C(=O)O. The van der Waals surface area contributed by atoms with Crippen molar-refractivity contribution >= 4 is 27.8 Å². The lowest BCUT2D eigenvalue weighted by molar-refractivity contribution is -0.141. The molecule has 2 rings (SSSR count). The Kier molecular flexibility index (Phi) is 4.19. The highest BCUT2D eigenvalue weighted by molar-refractivity contribution is 9.10. The number of carboxylic acid groups (broad SMARTS) is 1. The molecule has 0 unspecified atom stereocenters. The van der Waals surface area contributed by atoms with Crippen molar-refractivity contribution < 1.29 is 14.7 Å². The van der Waals surface area contributed by atoms with Crippen LogP contribution >= 0.6 is 15.9 Å². The summed E-state index contributed by atoms with van der Waals surface area (Å²) in [6.45, 7) is 1.86. The fourth-order valence-electron chi connectivity index (χ4n) is 1.85.